The van der Waals surface area contributed by atoms with E-state index < -0.39 is 0 Å². The lowest BCUT2D eigenvalue weighted by Crippen LogP contribution is -2.01. The molecule has 0 aliphatic carbocycles. The minimum absolute atomic E-state index is 0.524. The smallest absolute Gasteiger partial charge is 0.164 e. The molecule has 230 valence electrons. The molecule has 0 atom stereocenters. The van der Waals surface area contributed by atoms with Crippen molar-refractivity contribution in [2.45, 2.75) is 0 Å². The molecule has 10 aromatic rings. The van der Waals surface area contributed by atoms with Crippen LogP contribution in [-0.2, 0) is 0 Å². The Bertz CT molecular complexity index is 2900. The average Bonchev–Trinajstić information content (AvgIpc) is 3.69. The van der Waals surface area contributed by atoms with E-state index in [1.54, 1.807) is 0 Å². The van der Waals surface area contributed by atoms with Crippen LogP contribution in [0.25, 0.3) is 94.4 Å². The number of aromatic nitrogens is 4. The summed E-state index contributed by atoms with van der Waals surface area (Å²) in [5.74, 6) is 1.68. The number of nitrogens with zero attached hydrogens (tertiary/aromatic N) is 4. The normalized spacial score (nSPS) is 11.8. The van der Waals surface area contributed by atoms with Crippen molar-refractivity contribution in [3.8, 4) is 39.9 Å². The van der Waals surface area contributed by atoms with Crippen LogP contribution in [0.15, 0.2) is 156 Å². The molecule has 0 unspecified atom stereocenters. The second-order valence-corrected chi connectivity index (χ2v) is 12.6. The molecule has 0 spiro atoms. The van der Waals surface area contributed by atoms with Gasteiger partial charge in [-0.1, -0.05) is 121 Å². The first kappa shape index (κ1) is 27.8. The van der Waals surface area contributed by atoms with Gasteiger partial charge in [0, 0.05) is 55.0 Å². The van der Waals surface area contributed by atoms with Crippen LogP contribution in [0.2, 0.25) is 5.02 Å². The number of furan rings is 1. The molecular weight excluding hydrogens is 624 g/mol. The first-order chi connectivity index (χ1) is 24.2. The van der Waals surface area contributed by atoms with E-state index in [1.165, 1.54) is 5.39 Å². The number of para-hydroxylation sites is 3. The summed E-state index contributed by atoms with van der Waals surface area (Å²) >= 11 is 6.74. The second kappa shape index (κ2) is 10.9. The zero-order valence-corrected chi connectivity index (χ0v) is 26.8. The third-order valence-electron chi connectivity index (χ3n) is 9.30. The van der Waals surface area contributed by atoms with Crippen LogP contribution in [0.5, 0.6) is 0 Å². The summed E-state index contributed by atoms with van der Waals surface area (Å²) in [4.78, 5) is 15.5. The van der Waals surface area contributed by atoms with Crippen molar-refractivity contribution in [1.29, 1.82) is 0 Å². The predicted octanol–water partition coefficient (Wildman–Crippen LogP) is 11.7. The molecule has 7 aromatic carbocycles. The van der Waals surface area contributed by atoms with E-state index in [0.29, 0.717) is 28.1 Å². The van der Waals surface area contributed by atoms with Crippen molar-refractivity contribution in [3.63, 3.8) is 0 Å². The SMILES string of the molecule is Clc1cc(-c2nc(-c3ccc4c5ccccc5n(-c5ccccc5)c4c3)nc(-c3cccc4ccccc34)n2)c2c(c1)oc1ccccc12. The molecule has 49 heavy (non-hydrogen) atoms. The Morgan fingerprint density at radius 1 is 0.469 bits per heavy atom. The maximum absolute atomic E-state index is 6.74. The highest BCUT2D eigenvalue weighted by Crippen LogP contribution is 2.40. The number of fused-ring (bicyclic) bond motifs is 7. The Morgan fingerprint density at radius 2 is 1.14 bits per heavy atom. The minimum Gasteiger partial charge on any atom is -0.456 e. The van der Waals surface area contributed by atoms with Gasteiger partial charge in [-0.15, -0.1) is 0 Å². The third kappa shape index (κ3) is 4.44. The van der Waals surface area contributed by atoms with Gasteiger partial charge in [0.2, 0.25) is 0 Å². The monoisotopic (exact) mass is 648 g/mol. The fourth-order valence-corrected chi connectivity index (χ4v) is 7.34. The predicted molar refractivity (Wildman–Crippen MR) is 200 cm³/mol. The number of benzene rings is 7. The highest BCUT2D eigenvalue weighted by Gasteiger charge is 2.21. The Kier molecular flexibility index (Phi) is 6.16. The maximum atomic E-state index is 6.74. The van der Waals surface area contributed by atoms with E-state index in [9.17, 15) is 0 Å². The van der Waals surface area contributed by atoms with E-state index in [4.69, 9.17) is 31.0 Å². The Hall–Kier alpha value is -6.30. The molecule has 5 nitrogen and oxygen atoms in total. The topological polar surface area (TPSA) is 56.7 Å². The second-order valence-electron chi connectivity index (χ2n) is 12.2. The fraction of sp³-hybridized carbons (Fsp3) is 0. The van der Waals surface area contributed by atoms with Gasteiger partial charge in [0.15, 0.2) is 17.5 Å². The van der Waals surface area contributed by atoms with Gasteiger partial charge in [0.25, 0.3) is 0 Å². The van der Waals surface area contributed by atoms with Crippen molar-refractivity contribution < 1.29 is 4.42 Å². The number of rotatable bonds is 4. The van der Waals surface area contributed by atoms with Gasteiger partial charge in [-0.25, -0.2) is 15.0 Å². The van der Waals surface area contributed by atoms with Crippen molar-refractivity contribution in [3.05, 3.63) is 157 Å². The lowest BCUT2D eigenvalue weighted by Gasteiger charge is -2.12. The van der Waals surface area contributed by atoms with Crippen LogP contribution in [0.4, 0.5) is 0 Å². The van der Waals surface area contributed by atoms with Gasteiger partial charge < -0.3 is 8.98 Å². The van der Waals surface area contributed by atoms with Crippen LogP contribution < -0.4 is 0 Å². The van der Waals surface area contributed by atoms with E-state index in [1.807, 2.05) is 54.6 Å². The van der Waals surface area contributed by atoms with Gasteiger partial charge in [-0.3, -0.25) is 0 Å². The highest BCUT2D eigenvalue weighted by atomic mass is 35.5. The molecule has 10 rings (SSSR count). The summed E-state index contributed by atoms with van der Waals surface area (Å²) in [6.45, 7) is 0. The highest BCUT2D eigenvalue weighted by molar-refractivity contribution is 6.32. The molecule has 0 saturated carbocycles. The summed E-state index contributed by atoms with van der Waals surface area (Å²) in [6, 6.07) is 51.8. The molecule has 0 bridgehead atoms. The van der Waals surface area contributed by atoms with Crippen LogP contribution in [0.3, 0.4) is 0 Å². The van der Waals surface area contributed by atoms with E-state index in [-0.39, 0.29) is 0 Å². The van der Waals surface area contributed by atoms with Crippen molar-refractivity contribution in [2.24, 2.45) is 0 Å². The maximum Gasteiger partial charge on any atom is 0.164 e. The van der Waals surface area contributed by atoms with E-state index in [2.05, 4.69) is 102 Å². The zero-order valence-electron chi connectivity index (χ0n) is 26.0. The Morgan fingerprint density at radius 3 is 2.02 bits per heavy atom. The molecular formula is C43H25ClN4O. The summed E-state index contributed by atoms with van der Waals surface area (Å²) in [6.07, 6.45) is 0. The van der Waals surface area contributed by atoms with Crippen LogP contribution in [0, 0.1) is 0 Å². The molecule has 0 aliphatic heterocycles. The van der Waals surface area contributed by atoms with Gasteiger partial charge in [-0.2, -0.15) is 0 Å². The first-order valence-corrected chi connectivity index (χ1v) is 16.5. The minimum atomic E-state index is 0.524. The average molecular weight is 649 g/mol. The summed E-state index contributed by atoms with van der Waals surface area (Å²) in [5.41, 5.74) is 7.37. The molecule has 3 aromatic heterocycles. The molecule has 0 aliphatic rings. The van der Waals surface area contributed by atoms with E-state index in [0.717, 1.165) is 65.9 Å². The van der Waals surface area contributed by atoms with Crippen LogP contribution >= 0.6 is 11.6 Å². The Balaban J connectivity index is 1.28. The molecule has 0 fully saturated rings. The molecule has 0 amide bonds. The third-order valence-corrected chi connectivity index (χ3v) is 9.51. The quantitative estimate of drug-likeness (QED) is 0.190. The molecule has 6 heteroatoms. The number of hydrogen-bond donors (Lipinski definition) is 0. The van der Waals surface area contributed by atoms with Gasteiger partial charge in [0.1, 0.15) is 11.2 Å². The van der Waals surface area contributed by atoms with Gasteiger partial charge in [0.05, 0.1) is 11.0 Å². The summed E-state index contributed by atoms with van der Waals surface area (Å²) in [7, 11) is 0. The summed E-state index contributed by atoms with van der Waals surface area (Å²) < 4.78 is 8.56. The lowest BCUT2D eigenvalue weighted by atomic mass is 10.0. The largest absolute Gasteiger partial charge is 0.456 e. The summed E-state index contributed by atoms with van der Waals surface area (Å²) in [5, 5.41) is 6.97. The van der Waals surface area contributed by atoms with Crippen LogP contribution in [-0.4, -0.2) is 19.5 Å². The lowest BCUT2D eigenvalue weighted by molar-refractivity contribution is 0.669. The number of halogens is 1. The fourth-order valence-electron chi connectivity index (χ4n) is 7.13. The standard InChI is InChI=1S/C43H25ClN4O/c44-28-24-35(40-34-17-7-9-20-38(34)49-39(40)25-28)43-46-41(45-42(47-43)33-18-10-12-26-11-4-5-15-30(26)33)27-21-22-32-31-16-6-8-19-36(31)48(37(32)23-27)29-13-2-1-3-14-29/h1-25H. The Labute approximate surface area is 285 Å². The van der Waals surface area contributed by atoms with E-state index >= 15 is 0 Å². The molecule has 3 heterocycles. The molecule has 0 saturated heterocycles. The number of hydrogen-bond acceptors (Lipinski definition) is 4. The van der Waals surface area contributed by atoms with Gasteiger partial charge in [-0.05, 0) is 47.2 Å². The van der Waals surface area contributed by atoms with Crippen molar-refractivity contribution in [1.82, 2.24) is 19.5 Å². The van der Waals surface area contributed by atoms with Crippen LogP contribution in [0.1, 0.15) is 0 Å². The molecule has 0 radical (unpaired) electrons. The van der Waals surface area contributed by atoms with Crippen molar-refractivity contribution >= 4 is 66.1 Å². The first-order valence-electron chi connectivity index (χ1n) is 16.1. The zero-order chi connectivity index (χ0) is 32.5. The molecule has 0 N–H and O–H groups in total. The van der Waals surface area contributed by atoms with Gasteiger partial charge >= 0.3 is 0 Å². The van der Waals surface area contributed by atoms with Crippen molar-refractivity contribution in [2.75, 3.05) is 0 Å².